The minimum Gasteiger partial charge on any atom is -0.269 e. The standard InChI is InChI=1S/C19H16F2N4S/c1-4-25-12(3)16(11(2)24-25)7-13(9-22)19-23-18(10-26-19)15-6-5-14(20)8-17(15)21/h5-8,10H,4H2,1-3H3. The second kappa shape index (κ2) is 7.18. The maximum atomic E-state index is 14.0. The monoisotopic (exact) mass is 370 g/mol. The highest BCUT2D eigenvalue weighted by Gasteiger charge is 2.15. The molecule has 0 amide bonds. The lowest BCUT2D eigenvalue weighted by Gasteiger charge is -2.00. The van der Waals surface area contributed by atoms with Crippen molar-refractivity contribution in [1.29, 1.82) is 5.26 Å². The van der Waals surface area contributed by atoms with Crippen molar-refractivity contribution in [2.75, 3.05) is 0 Å². The summed E-state index contributed by atoms with van der Waals surface area (Å²) in [7, 11) is 0. The van der Waals surface area contributed by atoms with Gasteiger partial charge in [-0.25, -0.2) is 13.8 Å². The molecule has 0 aliphatic rings. The number of aromatic nitrogens is 3. The van der Waals surface area contributed by atoms with Crippen LogP contribution < -0.4 is 0 Å². The lowest BCUT2D eigenvalue weighted by Crippen LogP contribution is -1.98. The summed E-state index contributed by atoms with van der Waals surface area (Å²) in [5.41, 5.74) is 3.65. The summed E-state index contributed by atoms with van der Waals surface area (Å²) in [4.78, 5) is 4.36. The second-order valence-corrected chi connectivity index (χ2v) is 6.59. The summed E-state index contributed by atoms with van der Waals surface area (Å²) in [6.45, 7) is 6.59. The van der Waals surface area contributed by atoms with Crippen LogP contribution in [0.1, 0.15) is 28.9 Å². The van der Waals surface area contributed by atoms with E-state index in [-0.39, 0.29) is 5.56 Å². The van der Waals surface area contributed by atoms with Gasteiger partial charge < -0.3 is 0 Å². The molecule has 0 bridgehead atoms. The number of thiazole rings is 1. The Labute approximate surface area is 154 Å². The van der Waals surface area contributed by atoms with Crippen LogP contribution in [0.25, 0.3) is 22.9 Å². The molecular formula is C19H16F2N4S. The maximum Gasteiger partial charge on any atom is 0.135 e. The molecule has 0 saturated carbocycles. The molecule has 0 aliphatic carbocycles. The number of benzene rings is 1. The van der Waals surface area contributed by atoms with E-state index in [0.29, 0.717) is 16.3 Å². The van der Waals surface area contributed by atoms with Crippen LogP contribution in [0.3, 0.4) is 0 Å². The van der Waals surface area contributed by atoms with Crippen LogP contribution in [0.2, 0.25) is 0 Å². The summed E-state index contributed by atoms with van der Waals surface area (Å²) < 4.78 is 28.9. The first kappa shape index (κ1) is 18.0. The highest BCUT2D eigenvalue weighted by molar-refractivity contribution is 7.11. The third kappa shape index (κ3) is 3.28. The van der Waals surface area contributed by atoms with Crippen molar-refractivity contribution in [3.63, 3.8) is 0 Å². The number of nitriles is 1. The van der Waals surface area contributed by atoms with Crippen LogP contribution in [-0.2, 0) is 6.54 Å². The minimum absolute atomic E-state index is 0.206. The fourth-order valence-electron chi connectivity index (χ4n) is 2.73. The fraction of sp³-hybridized carbons (Fsp3) is 0.211. The highest BCUT2D eigenvalue weighted by atomic mass is 32.1. The summed E-state index contributed by atoms with van der Waals surface area (Å²) in [6.07, 6.45) is 1.76. The van der Waals surface area contributed by atoms with E-state index in [1.54, 1.807) is 11.5 Å². The third-order valence-corrected chi connectivity index (χ3v) is 4.96. The van der Waals surface area contributed by atoms with Gasteiger partial charge in [0.25, 0.3) is 0 Å². The number of nitrogens with zero attached hydrogens (tertiary/aromatic N) is 4. The van der Waals surface area contributed by atoms with Crippen molar-refractivity contribution >= 4 is 23.0 Å². The molecule has 3 rings (SSSR count). The molecule has 0 radical (unpaired) electrons. The quantitative estimate of drug-likeness (QED) is 0.608. The van der Waals surface area contributed by atoms with Crippen molar-refractivity contribution in [2.45, 2.75) is 27.3 Å². The van der Waals surface area contributed by atoms with Crippen LogP contribution in [0.4, 0.5) is 8.78 Å². The molecule has 3 aromatic rings. The van der Waals surface area contributed by atoms with E-state index in [9.17, 15) is 14.0 Å². The molecule has 0 fully saturated rings. The number of hydrogen-bond acceptors (Lipinski definition) is 4. The number of aryl methyl sites for hydroxylation is 2. The normalized spacial score (nSPS) is 11.6. The molecule has 4 nitrogen and oxygen atoms in total. The van der Waals surface area contributed by atoms with Crippen molar-refractivity contribution in [2.24, 2.45) is 0 Å². The smallest absolute Gasteiger partial charge is 0.135 e. The van der Waals surface area contributed by atoms with Gasteiger partial charge in [-0.05, 0) is 39.0 Å². The molecule has 7 heteroatoms. The number of rotatable bonds is 4. The Morgan fingerprint density at radius 1 is 1.35 bits per heavy atom. The Kier molecular flexibility index (Phi) is 4.96. The Morgan fingerprint density at radius 3 is 2.73 bits per heavy atom. The van der Waals surface area contributed by atoms with Crippen LogP contribution in [0.15, 0.2) is 23.6 Å². The predicted octanol–water partition coefficient (Wildman–Crippen LogP) is 4.99. The van der Waals surface area contributed by atoms with Gasteiger partial charge in [0.05, 0.1) is 17.0 Å². The SMILES string of the molecule is CCn1nc(C)c(C=C(C#N)c2nc(-c3ccc(F)cc3F)cs2)c1C. The number of hydrogen-bond donors (Lipinski definition) is 0. The first-order valence-electron chi connectivity index (χ1n) is 8.01. The van der Waals surface area contributed by atoms with Gasteiger partial charge in [-0.3, -0.25) is 4.68 Å². The van der Waals surface area contributed by atoms with E-state index < -0.39 is 11.6 Å². The van der Waals surface area contributed by atoms with Gasteiger partial charge in [0, 0.05) is 34.8 Å². The maximum absolute atomic E-state index is 14.0. The molecule has 0 N–H and O–H groups in total. The molecule has 0 unspecified atom stereocenters. The van der Waals surface area contributed by atoms with Gasteiger partial charge in [0.15, 0.2) is 0 Å². The van der Waals surface area contributed by atoms with Gasteiger partial charge in [0.1, 0.15) is 22.7 Å². The van der Waals surface area contributed by atoms with E-state index in [1.165, 1.54) is 23.5 Å². The molecule has 0 atom stereocenters. The molecule has 132 valence electrons. The first-order valence-corrected chi connectivity index (χ1v) is 8.89. The fourth-order valence-corrected chi connectivity index (χ4v) is 3.52. The molecule has 1 aromatic carbocycles. The topological polar surface area (TPSA) is 54.5 Å². The van der Waals surface area contributed by atoms with Gasteiger partial charge in [0.2, 0.25) is 0 Å². The summed E-state index contributed by atoms with van der Waals surface area (Å²) in [5.74, 6) is -1.32. The van der Waals surface area contributed by atoms with Crippen molar-refractivity contribution in [3.8, 4) is 17.3 Å². The Morgan fingerprint density at radius 2 is 2.12 bits per heavy atom. The van der Waals surface area contributed by atoms with E-state index in [2.05, 4.69) is 16.2 Å². The number of allylic oxidation sites excluding steroid dienone is 1. The van der Waals surface area contributed by atoms with Crippen molar-refractivity contribution < 1.29 is 8.78 Å². The van der Waals surface area contributed by atoms with Crippen LogP contribution in [-0.4, -0.2) is 14.8 Å². The van der Waals surface area contributed by atoms with Crippen LogP contribution in [0.5, 0.6) is 0 Å². The van der Waals surface area contributed by atoms with Gasteiger partial charge >= 0.3 is 0 Å². The predicted molar refractivity (Wildman–Crippen MR) is 98.3 cm³/mol. The van der Waals surface area contributed by atoms with Gasteiger partial charge in [-0.15, -0.1) is 11.3 Å². The third-order valence-electron chi connectivity index (χ3n) is 4.09. The van der Waals surface area contributed by atoms with E-state index in [0.717, 1.165) is 29.6 Å². The molecule has 0 saturated heterocycles. The molecule has 0 spiro atoms. The van der Waals surface area contributed by atoms with E-state index in [4.69, 9.17) is 0 Å². The molecule has 26 heavy (non-hydrogen) atoms. The van der Waals surface area contributed by atoms with Crippen molar-refractivity contribution in [1.82, 2.24) is 14.8 Å². The highest BCUT2D eigenvalue weighted by Crippen LogP contribution is 2.30. The van der Waals surface area contributed by atoms with Gasteiger partial charge in [-0.2, -0.15) is 10.4 Å². The van der Waals surface area contributed by atoms with E-state index >= 15 is 0 Å². The zero-order chi connectivity index (χ0) is 18.8. The molecule has 2 heterocycles. The minimum atomic E-state index is -0.680. The average molecular weight is 370 g/mol. The van der Waals surface area contributed by atoms with Gasteiger partial charge in [-0.1, -0.05) is 0 Å². The zero-order valence-electron chi connectivity index (χ0n) is 14.5. The Hall–Kier alpha value is -2.85. The number of halogens is 2. The first-order chi connectivity index (χ1) is 12.4. The lowest BCUT2D eigenvalue weighted by molar-refractivity contribution is 0.585. The molecule has 2 aromatic heterocycles. The molecule has 0 aliphatic heterocycles. The average Bonchev–Trinajstić information content (AvgIpc) is 3.18. The lowest BCUT2D eigenvalue weighted by atomic mass is 10.1. The summed E-state index contributed by atoms with van der Waals surface area (Å²) >= 11 is 1.24. The Balaban J connectivity index is 2.02. The van der Waals surface area contributed by atoms with E-state index in [1.807, 2.05) is 25.5 Å². The Bertz CT molecular complexity index is 1040. The summed E-state index contributed by atoms with van der Waals surface area (Å²) in [6, 6.07) is 5.51. The largest absolute Gasteiger partial charge is 0.269 e. The molecular weight excluding hydrogens is 354 g/mol. The van der Waals surface area contributed by atoms with Crippen LogP contribution in [0, 0.1) is 36.8 Å². The zero-order valence-corrected chi connectivity index (χ0v) is 15.4. The van der Waals surface area contributed by atoms with Crippen molar-refractivity contribution in [3.05, 3.63) is 57.2 Å². The summed E-state index contributed by atoms with van der Waals surface area (Å²) in [5, 5.41) is 16.1. The van der Waals surface area contributed by atoms with Crippen LogP contribution >= 0.6 is 11.3 Å². The second-order valence-electron chi connectivity index (χ2n) is 5.73.